The van der Waals surface area contributed by atoms with Crippen LogP contribution in [0.4, 0.5) is 0 Å². The molecule has 0 bridgehead atoms. The van der Waals surface area contributed by atoms with E-state index in [2.05, 4.69) is 6.92 Å². The zero-order valence-corrected chi connectivity index (χ0v) is 22.2. The van der Waals surface area contributed by atoms with Gasteiger partial charge in [-0.2, -0.15) is 4.31 Å². The van der Waals surface area contributed by atoms with Gasteiger partial charge in [0.25, 0.3) is 0 Å². The van der Waals surface area contributed by atoms with E-state index in [9.17, 15) is 18.3 Å². The lowest BCUT2D eigenvalue weighted by Gasteiger charge is -2.21. The van der Waals surface area contributed by atoms with Crippen LogP contribution in [0.3, 0.4) is 0 Å². The number of para-hydroxylation sites is 1. The summed E-state index contributed by atoms with van der Waals surface area (Å²) in [6.45, 7) is 3.19. The van der Waals surface area contributed by atoms with E-state index >= 15 is 0 Å². The normalized spacial score (nSPS) is 15.8. The number of aliphatic carboxylic acids is 1. The summed E-state index contributed by atoms with van der Waals surface area (Å²) < 4.78 is 44.5. The van der Waals surface area contributed by atoms with E-state index in [4.69, 9.17) is 14.2 Å². The Morgan fingerprint density at radius 3 is 2.37 bits per heavy atom. The number of nitrogens with zero attached hydrogens (tertiary/aromatic N) is 1. The van der Waals surface area contributed by atoms with Crippen LogP contribution in [-0.4, -0.2) is 49.6 Å². The van der Waals surface area contributed by atoms with Gasteiger partial charge in [-0.05, 0) is 79.4 Å². The first-order valence-electron chi connectivity index (χ1n) is 12.8. The van der Waals surface area contributed by atoms with E-state index in [1.54, 1.807) is 12.1 Å². The van der Waals surface area contributed by atoms with Gasteiger partial charge in [0.1, 0.15) is 29.0 Å². The van der Waals surface area contributed by atoms with Crippen LogP contribution in [-0.2, 0) is 21.2 Å². The lowest BCUT2D eigenvalue weighted by molar-refractivity contribution is -0.140. The molecular weight excluding hydrogens is 506 g/mol. The summed E-state index contributed by atoms with van der Waals surface area (Å²) in [6, 6.07) is 20.6. The number of ether oxygens (including phenoxy) is 3. The van der Waals surface area contributed by atoms with Gasteiger partial charge in [0.05, 0.1) is 18.1 Å². The van der Waals surface area contributed by atoms with Crippen LogP contribution in [0.1, 0.15) is 38.2 Å². The maximum Gasteiger partial charge on any atom is 0.322 e. The maximum absolute atomic E-state index is 12.9. The van der Waals surface area contributed by atoms with Gasteiger partial charge >= 0.3 is 5.97 Å². The second-order valence-electron chi connectivity index (χ2n) is 9.07. The number of aryl methyl sites for hydroxylation is 1. The van der Waals surface area contributed by atoms with Crippen LogP contribution >= 0.6 is 0 Å². The summed E-state index contributed by atoms with van der Waals surface area (Å²) >= 11 is 0. The van der Waals surface area contributed by atoms with Crippen LogP contribution in [0.15, 0.2) is 77.7 Å². The van der Waals surface area contributed by atoms with Crippen LogP contribution in [0.5, 0.6) is 23.0 Å². The van der Waals surface area contributed by atoms with Crippen LogP contribution in [0, 0.1) is 0 Å². The molecule has 3 aromatic carbocycles. The molecule has 3 aromatic rings. The number of hydrogen-bond donors (Lipinski definition) is 1. The van der Waals surface area contributed by atoms with Crippen molar-refractivity contribution in [2.24, 2.45) is 0 Å². The molecule has 0 aromatic heterocycles. The number of carboxylic acid groups (broad SMARTS) is 1. The third-order valence-electron chi connectivity index (χ3n) is 6.26. The summed E-state index contributed by atoms with van der Waals surface area (Å²) in [5.41, 5.74) is 1.08. The van der Waals surface area contributed by atoms with Gasteiger partial charge in [0, 0.05) is 13.0 Å². The maximum atomic E-state index is 12.9. The molecule has 8 nitrogen and oxygen atoms in total. The van der Waals surface area contributed by atoms with E-state index in [0.29, 0.717) is 38.2 Å². The Morgan fingerprint density at radius 2 is 1.66 bits per heavy atom. The summed E-state index contributed by atoms with van der Waals surface area (Å²) in [4.78, 5) is 11.5. The van der Waals surface area contributed by atoms with Gasteiger partial charge in [0.15, 0.2) is 0 Å². The summed E-state index contributed by atoms with van der Waals surface area (Å²) in [7, 11) is -3.87. The van der Waals surface area contributed by atoms with E-state index in [0.717, 1.165) is 40.0 Å². The number of sulfonamides is 1. The average Bonchev–Trinajstić information content (AvgIpc) is 3.42. The molecule has 1 aliphatic rings. The number of carboxylic acids is 1. The molecule has 1 unspecified atom stereocenters. The molecular formula is C29H33NO7S. The van der Waals surface area contributed by atoms with Crippen molar-refractivity contribution in [3.05, 3.63) is 78.4 Å². The predicted octanol–water partition coefficient (Wildman–Crippen LogP) is 5.52. The molecule has 0 aliphatic carbocycles. The Labute approximate surface area is 223 Å². The number of hydrogen-bond acceptors (Lipinski definition) is 6. The number of rotatable bonds is 13. The van der Waals surface area contributed by atoms with Gasteiger partial charge in [-0.25, -0.2) is 8.42 Å². The van der Waals surface area contributed by atoms with Crippen molar-refractivity contribution in [1.29, 1.82) is 0 Å². The highest BCUT2D eigenvalue weighted by molar-refractivity contribution is 7.89. The van der Waals surface area contributed by atoms with Gasteiger partial charge in [-0.15, -0.1) is 0 Å². The highest BCUT2D eigenvalue weighted by atomic mass is 32.2. The molecule has 202 valence electrons. The summed E-state index contributed by atoms with van der Waals surface area (Å²) in [6.07, 6.45) is 3.35. The van der Waals surface area contributed by atoms with Crippen LogP contribution in [0.25, 0.3) is 0 Å². The first-order chi connectivity index (χ1) is 18.4. The molecule has 1 atom stereocenters. The van der Waals surface area contributed by atoms with Crippen LogP contribution < -0.4 is 14.2 Å². The van der Waals surface area contributed by atoms with Gasteiger partial charge in [-0.1, -0.05) is 31.5 Å². The highest BCUT2D eigenvalue weighted by Crippen LogP contribution is 2.30. The molecule has 4 rings (SSSR count). The summed E-state index contributed by atoms with van der Waals surface area (Å²) in [5.74, 6) is 1.79. The second-order valence-corrected chi connectivity index (χ2v) is 11.0. The zero-order chi connectivity index (χ0) is 27.0. The zero-order valence-electron chi connectivity index (χ0n) is 21.4. The molecule has 0 saturated carbocycles. The Kier molecular flexibility index (Phi) is 9.25. The molecule has 1 aliphatic heterocycles. The minimum Gasteiger partial charge on any atom is -0.493 e. The Balaban J connectivity index is 1.27. The molecule has 0 amide bonds. The Morgan fingerprint density at radius 1 is 0.947 bits per heavy atom. The standard InChI is InChI=1S/C29H33NO7S/c1-2-8-22-21-25(37-24-9-4-3-5-10-24)14-17-28(22)36-20-7-19-35-23-12-15-26(16-13-23)38(33,34)30-18-6-11-27(30)29(31)32/h3-5,9-10,12-17,21,27H,2,6-8,11,18-20H2,1H3,(H,31,32). The van der Waals surface area contributed by atoms with Crippen molar-refractivity contribution in [2.45, 2.75) is 50.0 Å². The quantitative estimate of drug-likeness (QED) is 0.286. The van der Waals surface area contributed by atoms with E-state index in [-0.39, 0.29) is 11.4 Å². The molecule has 38 heavy (non-hydrogen) atoms. The van der Waals surface area contributed by atoms with Gasteiger partial charge in [0.2, 0.25) is 10.0 Å². The predicted molar refractivity (Wildman–Crippen MR) is 144 cm³/mol. The third kappa shape index (κ3) is 6.85. The van der Waals surface area contributed by atoms with Gasteiger partial charge in [-0.3, -0.25) is 4.79 Å². The van der Waals surface area contributed by atoms with Crippen molar-refractivity contribution in [2.75, 3.05) is 19.8 Å². The minimum absolute atomic E-state index is 0.0597. The third-order valence-corrected chi connectivity index (χ3v) is 8.19. The largest absolute Gasteiger partial charge is 0.493 e. The number of benzene rings is 3. The van der Waals surface area contributed by atoms with Crippen molar-refractivity contribution in [3.63, 3.8) is 0 Å². The topological polar surface area (TPSA) is 102 Å². The highest BCUT2D eigenvalue weighted by Gasteiger charge is 2.39. The van der Waals surface area contributed by atoms with Crippen molar-refractivity contribution >= 4 is 16.0 Å². The van der Waals surface area contributed by atoms with E-state index in [1.807, 2.05) is 48.5 Å². The Hall–Kier alpha value is -3.56. The fourth-order valence-electron chi connectivity index (χ4n) is 4.40. The monoisotopic (exact) mass is 539 g/mol. The van der Waals surface area contributed by atoms with Crippen molar-refractivity contribution in [1.82, 2.24) is 4.31 Å². The first kappa shape index (κ1) is 27.5. The first-order valence-corrected chi connectivity index (χ1v) is 14.3. The molecule has 9 heteroatoms. The van der Waals surface area contributed by atoms with Crippen molar-refractivity contribution in [3.8, 4) is 23.0 Å². The SMILES string of the molecule is CCCc1cc(Oc2ccccc2)ccc1OCCCOc1ccc(S(=O)(=O)N2CCCC2C(=O)O)cc1. The fraction of sp³-hybridized carbons (Fsp3) is 0.345. The Bertz CT molecular complexity index is 1310. The molecule has 0 radical (unpaired) electrons. The lowest BCUT2D eigenvalue weighted by atomic mass is 10.1. The van der Waals surface area contributed by atoms with E-state index in [1.165, 1.54) is 12.1 Å². The molecule has 1 fully saturated rings. The average molecular weight is 540 g/mol. The minimum atomic E-state index is -3.87. The molecule has 1 heterocycles. The second kappa shape index (κ2) is 12.8. The lowest BCUT2D eigenvalue weighted by Crippen LogP contribution is -2.40. The van der Waals surface area contributed by atoms with Crippen LogP contribution in [0.2, 0.25) is 0 Å². The fourth-order valence-corrected chi connectivity index (χ4v) is 6.05. The molecule has 0 spiro atoms. The molecule has 1 N–H and O–H groups in total. The smallest absolute Gasteiger partial charge is 0.322 e. The molecule has 1 saturated heterocycles. The van der Waals surface area contributed by atoms with Gasteiger partial charge < -0.3 is 19.3 Å². The number of carbonyl (C=O) groups is 1. The van der Waals surface area contributed by atoms with E-state index < -0.39 is 22.0 Å². The summed E-state index contributed by atoms with van der Waals surface area (Å²) in [5, 5.41) is 9.32. The van der Waals surface area contributed by atoms with Crippen molar-refractivity contribution < 1.29 is 32.5 Å².